The van der Waals surface area contributed by atoms with E-state index in [1.165, 1.54) is 0 Å². The Labute approximate surface area is 150 Å². The van der Waals surface area contributed by atoms with E-state index in [4.69, 9.17) is 0 Å². The highest BCUT2D eigenvalue weighted by Gasteiger charge is 2.34. The first-order valence-electron chi connectivity index (χ1n) is 7.90. The molecule has 0 radical (unpaired) electrons. The molecule has 3 rings (SSSR count). The van der Waals surface area contributed by atoms with Gasteiger partial charge in [-0.15, -0.1) is 24.8 Å². The number of piperazine rings is 1. The quantitative estimate of drug-likeness (QED) is 0.821. The second-order valence-electron chi connectivity index (χ2n) is 6.14. The highest BCUT2D eigenvalue weighted by Crippen LogP contribution is 2.19. The Bertz CT molecular complexity index is 477. The van der Waals surface area contributed by atoms with Crippen molar-refractivity contribution in [2.45, 2.75) is 25.4 Å². The van der Waals surface area contributed by atoms with E-state index >= 15 is 0 Å². The van der Waals surface area contributed by atoms with Gasteiger partial charge in [0.1, 0.15) is 12.1 Å². The molecule has 0 bridgehead atoms. The van der Waals surface area contributed by atoms with Crippen molar-refractivity contribution in [3.05, 3.63) is 18.1 Å². The van der Waals surface area contributed by atoms with Gasteiger partial charge in [0.2, 0.25) is 0 Å². The lowest BCUT2D eigenvalue weighted by Gasteiger charge is -2.38. The van der Waals surface area contributed by atoms with Crippen molar-refractivity contribution >= 4 is 30.6 Å². The van der Waals surface area contributed by atoms with Crippen LogP contribution in [-0.2, 0) is 6.42 Å². The van der Waals surface area contributed by atoms with Crippen LogP contribution < -0.4 is 10.2 Å². The van der Waals surface area contributed by atoms with Crippen LogP contribution in [0.4, 0.5) is 5.82 Å². The number of hydrogen-bond acceptors (Lipinski definition) is 6. The van der Waals surface area contributed by atoms with Crippen LogP contribution in [-0.4, -0.2) is 71.4 Å². The predicted octanol–water partition coefficient (Wildman–Crippen LogP) is 0.729. The molecule has 1 aromatic rings. The van der Waals surface area contributed by atoms with Gasteiger partial charge in [-0.3, -0.25) is 4.90 Å². The predicted molar refractivity (Wildman–Crippen MR) is 97.0 cm³/mol. The van der Waals surface area contributed by atoms with Crippen molar-refractivity contribution in [2.24, 2.45) is 0 Å². The van der Waals surface area contributed by atoms with Gasteiger partial charge in [0.15, 0.2) is 0 Å². The van der Waals surface area contributed by atoms with Gasteiger partial charge in [-0.05, 0) is 19.4 Å². The SMILES string of the molecule is CCc1cc(N2CCN(CC3(O)CCNC3)CC2)ncn1.Cl.Cl. The van der Waals surface area contributed by atoms with E-state index < -0.39 is 5.60 Å². The first kappa shape index (κ1) is 20.4. The summed E-state index contributed by atoms with van der Waals surface area (Å²) < 4.78 is 0. The fourth-order valence-corrected chi connectivity index (χ4v) is 3.17. The summed E-state index contributed by atoms with van der Waals surface area (Å²) >= 11 is 0. The lowest BCUT2D eigenvalue weighted by molar-refractivity contribution is 0.0193. The van der Waals surface area contributed by atoms with E-state index in [2.05, 4.69) is 38.1 Å². The molecule has 0 aliphatic carbocycles. The van der Waals surface area contributed by atoms with Crippen molar-refractivity contribution < 1.29 is 5.11 Å². The van der Waals surface area contributed by atoms with E-state index in [1.807, 2.05) is 0 Å². The number of nitrogens with zero attached hydrogens (tertiary/aromatic N) is 4. The van der Waals surface area contributed by atoms with Crippen molar-refractivity contribution in [1.82, 2.24) is 20.2 Å². The number of rotatable bonds is 4. The van der Waals surface area contributed by atoms with Crippen LogP contribution in [0.5, 0.6) is 0 Å². The number of hydrogen-bond donors (Lipinski definition) is 2. The molecular formula is C15H27Cl2N5O. The van der Waals surface area contributed by atoms with Gasteiger partial charge in [0.05, 0.1) is 5.60 Å². The number of aryl methyl sites for hydroxylation is 1. The topological polar surface area (TPSA) is 64.5 Å². The summed E-state index contributed by atoms with van der Waals surface area (Å²) in [4.78, 5) is 13.3. The highest BCUT2D eigenvalue weighted by atomic mass is 35.5. The summed E-state index contributed by atoms with van der Waals surface area (Å²) in [6, 6.07) is 2.09. The Morgan fingerprint density at radius 2 is 1.96 bits per heavy atom. The van der Waals surface area contributed by atoms with Gasteiger partial charge in [-0.2, -0.15) is 0 Å². The second kappa shape index (κ2) is 8.99. The van der Waals surface area contributed by atoms with Crippen LogP contribution in [0.1, 0.15) is 19.0 Å². The molecule has 2 saturated heterocycles. The minimum atomic E-state index is -0.535. The summed E-state index contributed by atoms with van der Waals surface area (Å²) in [5.41, 5.74) is 0.556. The maximum atomic E-state index is 10.5. The summed E-state index contributed by atoms with van der Waals surface area (Å²) in [7, 11) is 0. The highest BCUT2D eigenvalue weighted by molar-refractivity contribution is 5.85. The molecule has 2 aliphatic rings. The summed E-state index contributed by atoms with van der Waals surface area (Å²) in [6.45, 7) is 8.42. The van der Waals surface area contributed by atoms with Gasteiger partial charge >= 0.3 is 0 Å². The van der Waals surface area contributed by atoms with Crippen molar-refractivity contribution in [3.8, 4) is 0 Å². The Balaban J connectivity index is 0.00000132. The van der Waals surface area contributed by atoms with Crippen LogP contribution >= 0.6 is 24.8 Å². The van der Waals surface area contributed by atoms with Crippen LogP contribution in [0.25, 0.3) is 0 Å². The summed E-state index contributed by atoms with van der Waals surface area (Å²) in [5, 5.41) is 13.7. The van der Waals surface area contributed by atoms with E-state index in [0.717, 1.165) is 70.2 Å². The fraction of sp³-hybridized carbons (Fsp3) is 0.733. The maximum Gasteiger partial charge on any atom is 0.132 e. The van der Waals surface area contributed by atoms with Crippen molar-refractivity contribution in [1.29, 1.82) is 0 Å². The van der Waals surface area contributed by atoms with Crippen molar-refractivity contribution in [3.63, 3.8) is 0 Å². The monoisotopic (exact) mass is 363 g/mol. The zero-order valence-corrected chi connectivity index (χ0v) is 15.2. The lowest BCUT2D eigenvalue weighted by Crippen LogP contribution is -2.52. The lowest BCUT2D eigenvalue weighted by atomic mass is 10.0. The first-order valence-corrected chi connectivity index (χ1v) is 7.90. The standard InChI is InChI=1S/C15H25N5O.2ClH/c1-2-13-9-14(18-12-17-13)20-7-5-19(6-8-20)11-15(21)3-4-16-10-15;;/h9,12,16,21H,2-8,10-11H2,1H3;2*1H. The molecule has 2 fully saturated rings. The van der Waals surface area contributed by atoms with E-state index in [1.54, 1.807) is 6.33 Å². The minimum absolute atomic E-state index is 0. The molecule has 0 saturated carbocycles. The Kier molecular flexibility index (Phi) is 7.97. The Hall–Kier alpha value is -0.660. The zero-order chi connectivity index (χ0) is 14.7. The molecule has 2 N–H and O–H groups in total. The third kappa shape index (κ3) is 5.16. The largest absolute Gasteiger partial charge is 0.387 e. The number of nitrogens with one attached hydrogen (secondary N) is 1. The molecular weight excluding hydrogens is 337 g/mol. The Morgan fingerprint density at radius 3 is 2.57 bits per heavy atom. The molecule has 3 heterocycles. The minimum Gasteiger partial charge on any atom is -0.387 e. The third-order valence-corrected chi connectivity index (χ3v) is 4.51. The van der Waals surface area contributed by atoms with Gasteiger partial charge < -0.3 is 15.3 Å². The van der Waals surface area contributed by atoms with Crippen LogP contribution in [0.3, 0.4) is 0 Å². The number of aromatic nitrogens is 2. The average molecular weight is 364 g/mol. The molecule has 1 aromatic heterocycles. The van der Waals surface area contributed by atoms with E-state index in [0.29, 0.717) is 0 Å². The molecule has 0 aromatic carbocycles. The second-order valence-corrected chi connectivity index (χ2v) is 6.14. The molecule has 8 heteroatoms. The van der Waals surface area contributed by atoms with Gasteiger partial charge in [0, 0.05) is 51.0 Å². The normalized spacial score (nSPS) is 24.9. The van der Waals surface area contributed by atoms with E-state index in [-0.39, 0.29) is 24.8 Å². The molecule has 2 aliphatic heterocycles. The van der Waals surface area contributed by atoms with Crippen LogP contribution in [0.15, 0.2) is 12.4 Å². The fourth-order valence-electron chi connectivity index (χ4n) is 3.17. The number of halogens is 2. The smallest absolute Gasteiger partial charge is 0.132 e. The molecule has 0 amide bonds. The molecule has 1 unspecified atom stereocenters. The molecule has 0 spiro atoms. The maximum absolute atomic E-state index is 10.5. The summed E-state index contributed by atoms with van der Waals surface area (Å²) in [5.74, 6) is 1.03. The molecule has 132 valence electrons. The third-order valence-electron chi connectivity index (χ3n) is 4.51. The Morgan fingerprint density at radius 1 is 1.22 bits per heavy atom. The molecule has 23 heavy (non-hydrogen) atoms. The van der Waals surface area contributed by atoms with E-state index in [9.17, 15) is 5.11 Å². The number of β-amino-alcohol motifs (C(OH)–C–C–N with tert-alkyl or cyclic N) is 1. The molecule has 6 nitrogen and oxygen atoms in total. The first-order chi connectivity index (χ1) is 10.2. The van der Waals surface area contributed by atoms with Crippen molar-refractivity contribution in [2.75, 3.05) is 50.7 Å². The van der Waals surface area contributed by atoms with Gasteiger partial charge in [-0.25, -0.2) is 9.97 Å². The zero-order valence-electron chi connectivity index (χ0n) is 13.6. The van der Waals surface area contributed by atoms with Gasteiger partial charge in [0.25, 0.3) is 0 Å². The van der Waals surface area contributed by atoms with Gasteiger partial charge in [-0.1, -0.05) is 6.92 Å². The average Bonchev–Trinajstić information content (AvgIpc) is 2.94. The van der Waals surface area contributed by atoms with Crippen LogP contribution in [0.2, 0.25) is 0 Å². The van der Waals surface area contributed by atoms with Crippen LogP contribution in [0, 0.1) is 0 Å². The number of anilines is 1. The molecule has 1 atom stereocenters. The summed E-state index contributed by atoms with van der Waals surface area (Å²) in [6.07, 6.45) is 3.46. The number of aliphatic hydroxyl groups is 1.